The van der Waals surface area contributed by atoms with Gasteiger partial charge in [0.15, 0.2) is 0 Å². The summed E-state index contributed by atoms with van der Waals surface area (Å²) in [6.07, 6.45) is 1.19. The SMILES string of the molecule is CC[C@](C)(CC(=O)OC)NCc1c(C)noc1C. The summed E-state index contributed by atoms with van der Waals surface area (Å²) in [6.45, 7) is 8.51. The third-order valence-electron chi connectivity index (χ3n) is 3.42. The molecule has 18 heavy (non-hydrogen) atoms. The van der Waals surface area contributed by atoms with Gasteiger partial charge in [-0.2, -0.15) is 0 Å². The lowest BCUT2D eigenvalue weighted by molar-refractivity contribution is -0.142. The van der Waals surface area contributed by atoms with Crippen LogP contribution in [0.2, 0.25) is 0 Å². The van der Waals surface area contributed by atoms with Gasteiger partial charge in [-0.3, -0.25) is 4.79 Å². The van der Waals surface area contributed by atoms with E-state index in [0.717, 1.165) is 23.4 Å². The predicted molar refractivity (Wildman–Crippen MR) is 68.1 cm³/mol. The van der Waals surface area contributed by atoms with Gasteiger partial charge in [-0.1, -0.05) is 12.1 Å². The molecule has 0 saturated carbocycles. The summed E-state index contributed by atoms with van der Waals surface area (Å²) < 4.78 is 9.84. The Bertz CT molecular complexity index is 395. The van der Waals surface area contributed by atoms with Gasteiger partial charge in [-0.05, 0) is 27.2 Å². The molecule has 0 unspecified atom stereocenters. The van der Waals surface area contributed by atoms with E-state index in [4.69, 9.17) is 9.26 Å². The number of methoxy groups -OCH3 is 1. The number of nitrogens with zero attached hydrogens (tertiary/aromatic N) is 1. The van der Waals surface area contributed by atoms with Crippen LogP contribution in [0, 0.1) is 13.8 Å². The molecule has 0 aliphatic rings. The molecule has 1 heterocycles. The van der Waals surface area contributed by atoms with Gasteiger partial charge >= 0.3 is 5.97 Å². The fraction of sp³-hybridized carbons (Fsp3) is 0.692. The van der Waals surface area contributed by atoms with E-state index in [9.17, 15) is 4.79 Å². The Morgan fingerprint density at radius 3 is 2.61 bits per heavy atom. The number of aromatic nitrogens is 1. The summed E-state index contributed by atoms with van der Waals surface area (Å²) in [5, 5.41) is 7.31. The number of carbonyl (C=O) groups is 1. The fourth-order valence-electron chi connectivity index (χ4n) is 1.76. The van der Waals surface area contributed by atoms with E-state index in [1.807, 2.05) is 27.7 Å². The fourth-order valence-corrected chi connectivity index (χ4v) is 1.76. The first kappa shape index (κ1) is 14.7. The zero-order valence-corrected chi connectivity index (χ0v) is 11.8. The van der Waals surface area contributed by atoms with Gasteiger partial charge in [-0.25, -0.2) is 0 Å². The lowest BCUT2D eigenvalue weighted by Gasteiger charge is -2.28. The van der Waals surface area contributed by atoms with Crippen molar-refractivity contribution < 1.29 is 14.1 Å². The molecule has 1 N–H and O–H groups in total. The van der Waals surface area contributed by atoms with Crippen LogP contribution in [0.15, 0.2) is 4.52 Å². The molecule has 1 aromatic heterocycles. The summed E-state index contributed by atoms with van der Waals surface area (Å²) in [5.74, 6) is 0.613. The first-order valence-electron chi connectivity index (χ1n) is 6.15. The van der Waals surface area contributed by atoms with E-state index in [2.05, 4.69) is 10.5 Å². The van der Waals surface area contributed by atoms with E-state index in [-0.39, 0.29) is 11.5 Å². The highest BCUT2D eigenvalue weighted by Gasteiger charge is 2.26. The summed E-state index contributed by atoms with van der Waals surface area (Å²) >= 11 is 0. The van der Waals surface area contributed by atoms with Crippen LogP contribution in [0.4, 0.5) is 0 Å². The molecule has 0 aliphatic carbocycles. The molecule has 1 atom stereocenters. The van der Waals surface area contributed by atoms with Crippen LogP contribution in [0.5, 0.6) is 0 Å². The van der Waals surface area contributed by atoms with Crippen LogP contribution in [0.3, 0.4) is 0 Å². The number of aryl methyl sites for hydroxylation is 2. The second kappa shape index (κ2) is 6.00. The maximum atomic E-state index is 11.4. The lowest BCUT2D eigenvalue weighted by Crippen LogP contribution is -2.43. The lowest BCUT2D eigenvalue weighted by atomic mass is 9.94. The Kier molecular flexibility index (Phi) is 4.90. The molecule has 1 aromatic rings. The molecular weight excluding hydrogens is 232 g/mol. The predicted octanol–water partition coefficient (Wildman–Crippen LogP) is 2.11. The Balaban J connectivity index is 2.67. The molecule has 102 valence electrons. The van der Waals surface area contributed by atoms with Gasteiger partial charge in [-0.15, -0.1) is 0 Å². The third-order valence-corrected chi connectivity index (χ3v) is 3.42. The second-order valence-corrected chi connectivity index (χ2v) is 4.82. The van der Waals surface area contributed by atoms with Crippen molar-refractivity contribution in [3.8, 4) is 0 Å². The van der Waals surface area contributed by atoms with Crippen molar-refractivity contribution in [2.45, 2.75) is 52.6 Å². The van der Waals surface area contributed by atoms with Crippen LogP contribution in [0.25, 0.3) is 0 Å². The van der Waals surface area contributed by atoms with Crippen molar-refractivity contribution in [1.82, 2.24) is 10.5 Å². The minimum atomic E-state index is -0.275. The van der Waals surface area contributed by atoms with Gasteiger partial charge < -0.3 is 14.6 Å². The van der Waals surface area contributed by atoms with Crippen molar-refractivity contribution >= 4 is 5.97 Å². The standard InChI is InChI=1S/C13H22N2O3/c1-6-13(4,7-12(16)17-5)14-8-11-9(2)15-18-10(11)3/h14H,6-8H2,1-5H3/t13-/m1/s1. The van der Waals surface area contributed by atoms with E-state index >= 15 is 0 Å². The van der Waals surface area contributed by atoms with Crippen LogP contribution in [0.1, 0.15) is 43.7 Å². The Morgan fingerprint density at radius 2 is 2.17 bits per heavy atom. The van der Waals surface area contributed by atoms with Gasteiger partial charge in [0.25, 0.3) is 0 Å². The van der Waals surface area contributed by atoms with Crippen LogP contribution in [-0.2, 0) is 16.1 Å². The quantitative estimate of drug-likeness (QED) is 0.788. The minimum Gasteiger partial charge on any atom is -0.469 e. The smallest absolute Gasteiger partial charge is 0.307 e. The first-order valence-corrected chi connectivity index (χ1v) is 6.15. The minimum absolute atomic E-state index is 0.203. The third kappa shape index (κ3) is 3.57. The molecule has 0 bridgehead atoms. The molecule has 0 aliphatic heterocycles. The Labute approximate surface area is 108 Å². The van der Waals surface area contributed by atoms with Gasteiger partial charge in [0, 0.05) is 17.6 Å². The summed E-state index contributed by atoms with van der Waals surface area (Å²) in [5.41, 5.74) is 1.67. The number of hydrogen-bond donors (Lipinski definition) is 1. The van der Waals surface area contributed by atoms with Crippen molar-refractivity contribution in [3.05, 3.63) is 17.0 Å². The summed E-state index contributed by atoms with van der Waals surface area (Å²) in [6, 6.07) is 0. The van der Waals surface area contributed by atoms with Crippen molar-refractivity contribution in [2.24, 2.45) is 0 Å². The monoisotopic (exact) mass is 254 g/mol. The average Bonchev–Trinajstić information content (AvgIpc) is 2.66. The van der Waals surface area contributed by atoms with Crippen LogP contribution >= 0.6 is 0 Å². The van der Waals surface area contributed by atoms with Gasteiger partial charge in [0.2, 0.25) is 0 Å². The molecule has 0 saturated heterocycles. The molecule has 0 aromatic carbocycles. The molecule has 0 amide bonds. The number of nitrogens with one attached hydrogen (secondary N) is 1. The van der Waals surface area contributed by atoms with Gasteiger partial charge in [0.05, 0.1) is 19.2 Å². The van der Waals surface area contributed by atoms with Crippen molar-refractivity contribution in [3.63, 3.8) is 0 Å². The molecule has 5 nitrogen and oxygen atoms in total. The largest absolute Gasteiger partial charge is 0.469 e. The van der Waals surface area contributed by atoms with E-state index in [1.165, 1.54) is 7.11 Å². The zero-order chi connectivity index (χ0) is 13.8. The highest BCUT2D eigenvalue weighted by atomic mass is 16.5. The van der Waals surface area contributed by atoms with E-state index in [1.54, 1.807) is 0 Å². The van der Waals surface area contributed by atoms with Crippen molar-refractivity contribution in [1.29, 1.82) is 0 Å². The Hall–Kier alpha value is -1.36. The highest BCUT2D eigenvalue weighted by Crippen LogP contribution is 2.18. The normalized spacial score (nSPS) is 14.3. The number of carbonyl (C=O) groups excluding carboxylic acids is 1. The van der Waals surface area contributed by atoms with E-state index < -0.39 is 0 Å². The molecule has 5 heteroatoms. The highest BCUT2D eigenvalue weighted by molar-refractivity contribution is 5.70. The number of ether oxygens (including phenoxy) is 1. The zero-order valence-electron chi connectivity index (χ0n) is 11.8. The molecule has 0 radical (unpaired) electrons. The number of esters is 1. The number of hydrogen-bond acceptors (Lipinski definition) is 5. The summed E-state index contributed by atoms with van der Waals surface area (Å²) in [4.78, 5) is 11.4. The molecule has 1 rings (SSSR count). The van der Waals surface area contributed by atoms with E-state index in [0.29, 0.717) is 13.0 Å². The topological polar surface area (TPSA) is 64.4 Å². The van der Waals surface area contributed by atoms with Crippen molar-refractivity contribution in [2.75, 3.05) is 7.11 Å². The molecule has 0 spiro atoms. The van der Waals surface area contributed by atoms with Gasteiger partial charge in [0.1, 0.15) is 5.76 Å². The maximum absolute atomic E-state index is 11.4. The average molecular weight is 254 g/mol. The maximum Gasteiger partial charge on any atom is 0.307 e. The second-order valence-electron chi connectivity index (χ2n) is 4.82. The molecular formula is C13H22N2O3. The van der Waals surface area contributed by atoms with Crippen LogP contribution in [-0.4, -0.2) is 23.8 Å². The number of rotatable bonds is 6. The first-order chi connectivity index (χ1) is 8.41. The van der Waals surface area contributed by atoms with Crippen LogP contribution < -0.4 is 5.32 Å². The molecule has 0 fully saturated rings. The summed E-state index contributed by atoms with van der Waals surface area (Å²) in [7, 11) is 1.41. The Morgan fingerprint density at radius 1 is 1.50 bits per heavy atom.